The van der Waals surface area contributed by atoms with Crippen LogP contribution in [0.5, 0.6) is 11.5 Å². The molecule has 0 unspecified atom stereocenters. The van der Waals surface area contributed by atoms with Crippen molar-refractivity contribution < 1.29 is 28.6 Å². The van der Waals surface area contributed by atoms with E-state index in [-0.39, 0.29) is 30.6 Å². The van der Waals surface area contributed by atoms with Crippen molar-refractivity contribution in [2.24, 2.45) is 0 Å². The number of ether oxygens (including phenoxy) is 3. The summed E-state index contributed by atoms with van der Waals surface area (Å²) in [6, 6.07) is 14.1. The number of rotatable bonds is 8. The molecule has 2 aromatic carbocycles. The minimum atomic E-state index is -1.03. The third-order valence-corrected chi connectivity index (χ3v) is 5.14. The quantitative estimate of drug-likeness (QED) is 0.517. The zero-order valence-corrected chi connectivity index (χ0v) is 17.2. The fraction of sp³-hybridized carbons (Fsp3) is 0.375. The van der Waals surface area contributed by atoms with E-state index in [1.54, 1.807) is 42.5 Å². The first-order valence-corrected chi connectivity index (χ1v) is 10.6. The van der Waals surface area contributed by atoms with Crippen LogP contribution in [0.1, 0.15) is 54.1 Å². The maximum Gasteiger partial charge on any atom is 0.307 e. The van der Waals surface area contributed by atoms with Gasteiger partial charge in [-0.3, -0.25) is 14.4 Å². The van der Waals surface area contributed by atoms with E-state index >= 15 is 0 Å². The van der Waals surface area contributed by atoms with Gasteiger partial charge in [0.15, 0.2) is 17.3 Å². The average molecular weight is 423 g/mol. The summed E-state index contributed by atoms with van der Waals surface area (Å²) in [5, 5.41) is 2.87. The molecular weight excluding hydrogens is 398 g/mol. The Hall–Kier alpha value is -3.35. The predicted molar refractivity (Wildman–Crippen MR) is 112 cm³/mol. The number of Topliss-reactive ketones (excluding diaryl/α,β-unsaturated/α-hetero) is 1. The third-order valence-electron chi connectivity index (χ3n) is 5.14. The molecule has 1 heterocycles. The topological polar surface area (TPSA) is 90.9 Å². The second kappa shape index (κ2) is 9.64. The highest BCUT2D eigenvalue weighted by Crippen LogP contribution is 2.31. The van der Waals surface area contributed by atoms with Crippen LogP contribution in [-0.2, 0) is 14.3 Å². The minimum Gasteiger partial charge on any atom is -0.490 e. The average Bonchev–Trinajstić information content (AvgIpc) is 3.62. The van der Waals surface area contributed by atoms with E-state index in [1.807, 2.05) is 6.07 Å². The number of carbonyl (C=O) groups excluding carboxylic acids is 3. The van der Waals surface area contributed by atoms with E-state index in [0.717, 1.165) is 19.3 Å². The summed E-state index contributed by atoms with van der Waals surface area (Å²) >= 11 is 0. The van der Waals surface area contributed by atoms with Crippen LogP contribution in [0.3, 0.4) is 0 Å². The van der Waals surface area contributed by atoms with Crippen molar-refractivity contribution in [1.82, 2.24) is 5.32 Å². The molecular formula is C24H25NO6. The van der Waals surface area contributed by atoms with Gasteiger partial charge >= 0.3 is 5.97 Å². The van der Waals surface area contributed by atoms with Gasteiger partial charge in [-0.25, -0.2) is 0 Å². The first kappa shape index (κ1) is 20.9. The first-order valence-electron chi connectivity index (χ1n) is 10.6. The monoisotopic (exact) mass is 423 g/mol. The largest absolute Gasteiger partial charge is 0.490 e. The molecule has 1 fully saturated rings. The third kappa shape index (κ3) is 5.63. The Kier molecular flexibility index (Phi) is 6.50. The molecule has 2 aromatic rings. The lowest BCUT2D eigenvalue weighted by Crippen LogP contribution is -2.33. The molecule has 0 bridgehead atoms. The lowest BCUT2D eigenvalue weighted by molar-refractivity contribution is -0.156. The Morgan fingerprint density at radius 1 is 0.968 bits per heavy atom. The van der Waals surface area contributed by atoms with Crippen molar-refractivity contribution in [3.8, 4) is 11.5 Å². The number of carbonyl (C=O) groups is 3. The van der Waals surface area contributed by atoms with Crippen molar-refractivity contribution in [2.45, 2.75) is 44.2 Å². The zero-order valence-electron chi connectivity index (χ0n) is 17.2. The van der Waals surface area contributed by atoms with Crippen LogP contribution < -0.4 is 14.8 Å². The molecule has 1 saturated carbocycles. The van der Waals surface area contributed by atoms with Gasteiger partial charge in [-0.05, 0) is 31.0 Å². The molecule has 0 aromatic heterocycles. The highest BCUT2D eigenvalue weighted by Gasteiger charge is 2.30. The number of fused-ring (bicyclic) bond motifs is 1. The van der Waals surface area contributed by atoms with Crippen LogP contribution in [0, 0.1) is 0 Å². The van der Waals surface area contributed by atoms with Crippen molar-refractivity contribution in [3.05, 3.63) is 59.7 Å². The summed E-state index contributed by atoms with van der Waals surface area (Å²) in [6.45, 7) is 1.10. The van der Waals surface area contributed by atoms with Gasteiger partial charge in [-0.1, -0.05) is 30.3 Å². The van der Waals surface area contributed by atoms with Crippen molar-refractivity contribution in [3.63, 3.8) is 0 Å². The smallest absolute Gasteiger partial charge is 0.307 e. The summed E-state index contributed by atoms with van der Waals surface area (Å²) in [7, 11) is 0. The zero-order chi connectivity index (χ0) is 21.6. The Balaban J connectivity index is 1.36. The van der Waals surface area contributed by atoms with Crippen molar-refractivity contribution in [2.75, 3.05) is 13.2 Å². The standard InChI is InChI=1S/C24H25NO6/c26-19(17-7-11-20-21(15-17)30-14-4-13-29-20)10-12-22(27)31-23(16-5-2-1-3-6-16)24(28)25-18-8-9-18/h1-3,5-7,11,15,18,23H,4,8-10,12-14H2,(H,25,28)/t23-/m0/s1. The molecule has 0 radical (unpaired) electrons. The Morgan fingerprint density at radius 2 is 1.71 bits per heavy atom. The Labute approximate surface area is 180 Å². The SMILES string of the molecule is O=C(CCC(=O)c1ccc2c(c1)OCCCO2)O[C@H](C(=O)NC1CC1)c1ccccc1. The van der Waals surface area contributed by atoms with Gasteiger partial charge in [0, 0.05) is 30.0 Å². The number of ketones is 1. The van der Waals surface area contributed by atoms with Gasteiger partial charge in [-0.15, -0.1) is 0 Å². The van der Waals surface area contributed by atoms with E-state index in [4.69, 9.17) is 14.2 Å². The fourth-order valence-electron chi connectivity index (χ4n) is 3.29. The summed E-state index contributed by atoms with van der Waals surface area (Å²) < 4.78 is 16.7. The van der Waals surface area contributed by atoms with Crippen LogP contribution in [-0.4, -0.2) is 36.9 Å². The molecule has 2 aliphatic rings. The minimum absolute atomic E-state index is 0.0236. The summed E-state index contributed by atoms with van der Waals surface area (Å²) in [5.74, 6) is 0.0118. The summed E-state index contributed by atoms with van der Waals surface area (Å²) in [6.07, 6.45) is 1.48. The van der Waals surface area contributed by atoms with E-state index < -0.39 is 12.1 Å². The van der Waals surface area contributed by atoms with Crippen LogP contribution in [0.25, 0.3) is 0 Å². The summed E-state index contributed by atoms with van der Waals surface area (Å²) in [4.78, 5) is 37.6. The molecule has 1 aliphatic carbocycles. The molecule has 0 spiro atoms. The maximum atomic E-state index is 12.6. The molecule has 1 aliphatic heterocycles. The van der Waals surface area contributed by atoms with Crippen LogP contribution >= 0.6 is 0 Å². The number of esters is 1. The van der Waals surface area contributed by atoms with Gasteiger partial charge in [0.1, 0.15) is 0 Å². The predicted octanol–water partition coefficient (Wildman–Crippen LogP) is 3.37. The van der Waals surface area contributed by atoms with Crippen LogP contribution in [0.15, 0.2) is 48.5 Å². The van der Waals surface area contributed by atoms with Crippen molar-refractivity contribution in [1.29, 1.82) is 0 Å². The second-order valence-corrected chi connectivity index (χ2v) is 7.70. The van der Waals surface area contributed by atoms with Gasteiger partial charge in [-0.2, -0.15) is 0 Å². The van der Waals surface area contributed by atoms with Crippen LogP contribution in [0.2, 0.25) is 0 Å². The van der Waals surface area contributed by atoms with Gasteiger partial charge in [0.2, 0.25) is 6.10 Å². The number of amides is 1. The van der Waals surface area contributed by atoms with Crippen LogP contribution in [0.4, 0.5) is 0 Å². The summed E-state index contributed by atoms with van der Waals surface area (Å²) in [5.41, 5.74) is 1.05. The lowest BCUT2D eigenvalue weighted by atomic mass is 10.1. The highest BCUT2D eigenvalue weighted by atomic mass is 16.5. The normalized spacial score (nSPS) is 16.0. The second-order valence-electron chi connectivity index (χ2n) is 7.70. The van der Waals surface area contributed by atoms with Gasteiger partial charge < -0.3 is 19.5 Å². The van der Waals surface area contributed by atoms with E-state index in [0.29, 0.717) is 35.8 Å². The van der Waals surface area contributed by atoms with Crippen molar-refractivity contribution >= 4 is 17.7 Å². The molecule has 1 N–H and O–H groups in total. The Morgan fingerprint density at radius 3 is 2.45 bits per heavy atom. The van der Waals surface area contributed by atoms with E-state index in [2.05, 4.69) is 5.32 Å². The molecule has 31 heavy (non-hydrogen) atoms. The maximum absolute atomic E-state index is 12.6. The number of hydrogen-bond acceptors (Lipinski definition) is 6. The molecule has 1 atom stereocenters. The van der Waals surface area contributed by atoms with Gasteiger partial charge in [0.25, 0.3) is 5.91 Å². The first-order chi connectivity index (χ1) is 15.1. The highest BCUT2D eigenvalue weighted by molar-refractivity contribution is 5.98. The molecule has 7 nitrogen and oxygen atoms in total. The Bertz CT molecular complexity index is 954. The lowest BCUT2D eigenvalue weighted by Gasteiger charge is -2.18. The number of nitrogens with one attached hydrogen (secondary N) is 1. The fourth-order valence-corrected chi connectivity index (χ4v) is 3.29. The number of hydrogen-bond donors (Lipinski definition) is 1. The molecule has 0 saturated heterocycles. The molecule has 1 amide bonds. The van der Waals surface area contributed by atoms with E-state index in [9.17, 15) is 14.4 Å². The molecule has 7 heteroatoms. The van der Waals surface area contributed by atoms with Gasteiger partial charge in [0.05, 0.1) is 19.6 Å². The van der Waals surface area contributed by atoms with E-state index in [1.165, 1.54) is 0 Å². The molecule has 162 valence electrons. The molecule has 4 rings (SSSR count). The number of benzene rings is 2.